The minimum atomic E-state index is 0.673. The average molecular weight is 336 g/mol. The Morgan fingerprint density at radius 2 is 1.65 bits per heavy atom. The maximum Gasteiger partial charge on any atom is 0.227 e. The van der Waals surface area contributed by atoms with Gasteiger partial charge in [0.05, 0.1) is 5.69 Å². The number of furan rings is 1. The number of aryl methyl sites for hydroxylation is 1. The maximum atomic E-state index is 6.11. The van der Waals surface area contributed by atoms with Gasteiger partial charge in [-0.1, -0.05) is 42.5 Å². The van der Waals surface area contributed by atoms with Crippen molar-refractivity contribution in [2.75, 3.05) is 0 Å². The van der Waals surface area contributed by atoms with Crippen molar-refractivity contribution < 1.29 is 4.42 Å². The summed E-state index contributed by atoms with van der Waals surface area (Å²) in [6.45, 7) is 1.97. The van der Waals surface area contributed by atoms with Crippen LogP contribution in [-0.4, -0.2) is 9.97 Å². The SMILES string of the molecule is Cc1ccc2c(n1)oc1c(-c3cc(-c4ccccc4)ccn3)cccc12. The van der Waals surface area contributed by atoms with Crippen LogP contribution >= 0.6 is 0 Å². The normalized spacial score (nSPS) is 11.3. The van der Waals surface area contributed by atoms with E-state index in [0.717, 1.165) is 38.9 Å². The zero-order chi connectivity index (χ0) is 17.5. The third-order valence-electron chi connectivity index (χ3n) is 4.65. The fourth-order valence-corrected chi connectivity index (χ4v) is 3.36. The smallest absolute Gasteiger partial charge is 0.227 e. The van der Waals surface area contributed by atoms with Crippen molar-refractivity contribution in [2.45, 2.75) is 6.92 Å². The van der Waals surface area contributed by atoms with E-state index in [9.17, 15) is 0 Å². The molecule has 0 saturated heterocycles. The monoisotopic (exact) mass is 336 g/mol. The number of hydrogen-bond donors (Lipinski definition) is 0. The van der Waals surface area contributed by atoms with Crippen molar-refractivity contribution in [3.63, 3.8) is 0 Å². The van der Waals surface area contributed by atoms with Gasteiger partial charge in [-0.15, -0.1) is 0 Å². The van der Waals surface area contributed by atoms with Gasteiger partial charge in [-0.2, -0.15) is 0 Å². The first-order chi connectivity index (χ1) is 12.8. The van der Waals surface area contributed by atoms with Crippen LogP contribution in [-0.2, 0) is 0 Å². The van der Waals surface area contributed by atoms with Crippen LogP contribution in [0.25, 0.3) is 44.5 Å². The Morgan fingerprint density at radius 1 is 0.769 bits per heavy atom. The number of rotatable bonds is 2. The van der Waals surface area contributed by atoms with E-state index < -0.39 is 0 Å². The van der Waals surface area contributed by atoms with Gasteiger partial charge in [-0.25, -0.2) is 4.98 Å². The van der Waals surface area contributed by atoms with E-state index in [2.05, 4.69) is 46.4 Å². The second-order valence-corrected chi connectivity index (χ2v) is 6.39. The molecule has 0 unspecified atom stereocenters. The molecule has 0 aliphatic rings. The summed E-state index contributed by atoms with van der Waals surface area (Å²) in [7, 11) is 0. The molecule has 3 nitrogen and oxygen atoms in total. The van der Waals surface area contributed by atoms with Gasteiger partial charge < -0.3 is 4.42 Å². The molecule has 2 aromatic carbocycles. The molecule has 0 atom stereocenters. The van der Waals surface area contributed by atoms with Crippen LogP contribution < -0.4 is 0 Å². The summed E-state index contributed by atoms with van der Waals surface area (Å²) in [5, 5.41) is 2.10. The average Bonchev–Trinajstić information content (AvgIpc) is 3.06. The Bertz CT molecular complexity index is 1240. The first-order valence-electron chi connectivity index (χ1n) is 8.60. The van der Waals surface area contributed by atoms with Gasteiger partial charge in [0.15, 0.2) is 0 Å². The molecule has 0 fully saturated rings. The highest BCUT2D eigenvalue weighted by Crippen LogP contribution is 2.35. The van der Waals surface area contributed by atoms with Crippen LogP contribution in [0.3, 0.4) is 0 Å². The molecule has 0 amide bonds. The van der Waals surface area contributed by atoms with Gasteiger partial charge in [0, 0.05) is 28.2 Å². The van der Waals surface area contributed by atoms with Crippen molar-refractivity contribution in [1.29, 1.82) is 0 Å². The molecule has 5 aromatic rings. The van der Waals surface area contributed by atoms with E-state index in [0.29, 0.717) is 5.71 Å². The standard InChI is InChI=1S/C23H16N2O/c1-15-10-11-19-18-8-5-9-20(22(18)26-23(19)25-15)21-14-17(12-13-24-21)16-6-3-2-4-7-16/h2-14H,1H3. The van der Waals surface area contributed by atoms with E-state index in [1.54, 1.807) is 0 Å². The third kappa shape index (κ3) is 2.37. The van der Waals surface area contributed by atoms with Gasteiger partial charge in [-0.3, -0.25) is 4.98 Å². The lowest BCUT2D eigenvalue weighted by molar-refractivity contribution is 0.653. The molecule has 3 heterocycles. The van der Waals surface area contributed by atoms with Crippen molar-refractivity contribution in [1.82, 2.24) is 9.97 Å². The number of benzene rings is 2. The second kappa shape index (κ2) is 5.81. The lowest BCUT2D eigenvalue weighted by atomic mass is 10.0. The molecule has 5 rings (SSSR count). The van der Waals surface area contributed by atoms with Crippen LogP contribution in [0.15, 0.2) is 83.4 Å². The molecule has 3 aromatic heterocycles. The zero-order valence-corrected chi connectivity index (χ0v) is 14.3. The summed E-state index contributed by atoms with van der Waals surface area (Å²) in [6, 6.07) is 24.7. The summed E-state index contributed by atoms with van der Waals surface area (Å²) >= 11 is 0. The summed E-state index contributed by atoms with van der Waals surface area (Å²) in [5.41, 5.74) is 6.64. The van der Waals surface area contributed by atoms with E-state index >= 15 is 0 Å². The molecule has 0 N–H and O–H groups in total. The molecule has 0 spiro atoms. The van der Waals surface area contributed by atoms with Crippen molar-refractivity contribution in [3.8, 4) is 22.4 Å². The number of hydrogen-bond acceptors (Lipinski definition) is 3. The quantitative estimate of drug-likeness (QED) is 0.396. The summed E-state index contributed by atoms with van der Waals surface area (Å²) < 4.78 is 6.11. The first-order valence-corrected chi connectivity index (χ1v) is 8.60. The van der Waals surface area contributed by atoms with Gasteiger partial charge in [0.1, 0.15) is 5.58 Å². The fraction of sp³-hybridized carbons (Fsp3) is 0.0435. The molecule has 3 heteroatoms. The summed E-state index contributed by atoms with van der Waals surface area (Å²) in [6.07, 6.45) is 1.85. The van der Waals surface area contributed by atoms with E-state index in [4.69, 9.17) is 4.42 Å². The lowest BCUT2D eigenvalue weighted by Crippen LogP contribution is -1.86. The second-order valence-electron chi connectivity index (χ2n) is 6.39. The first kappa shape index (κ1) is 14.8. The largest absolute Gasteiger partial charge is 0.437 e. The highest BCUT2D eigenvalue weighted by atomic mass is 16.3. The third-order valence-corrected chi connectivity index (χ3v) is 4.65. The zero-order valence-electron chi connectivity index (χ0n) is 14.3. The molecular weight excluding hydrogens is 320 g/mol. The van der Waals surface area contributed by atoms with Crippen LogP contribution in [0.1, 0.15) is 5.69 Å². The minimum Gasteiger partial charge on any atom is -0.437 e. The van der Waals surface area contributed by atoms with Gasteiger partial charge in [-0.05, 0) is 48.4 Å². The van der Waals surface area contributed by atoms with Crippen LogP contribution in [0.5, 0.6) is 0 Å². The Morgan fingerprint density at radius 3 is 2.54 bits per heavy atom. The van der Waals surface area contributed by atoms with E-state index in [1.807, 2.05) is 49.5 Å². The maximum absolute atomic E-state index is 6.11. The van der Waals surface area contributed by atoms with Gasteiger partial charge >= 0.3 is 0 Å². The Balaban J connectivity index is 1.73. The van der Waals surface area contributed by atoms with E-state index in [1.165, 1.54) is 5.56 Å². The molecule has 26 heavy (non-hydrogen) atoms. The predicted molar refractivity (Wildman–Crippen MR) is 105 cm³/mol. The van der Waals surface area contributed by atoms with Crippen molar-refractivity contribution >= 4 is 22.1 Å². The van der Waals surface area contributed by atoms with Crippen molar-refractivity contribution in [3.05, 3.63) is 84.7 Å². The van der Waals surface area contributed by atoms with Gasteiger partial charge in [0.2, 0.25) is 5.71 Å². The minimum absolute atomic E-state index is 0.673. The Kier molecular flexibility index (Phi) is 3.32. The number of fused-ring (bicyclic) bond motifs is 3. The highest BCUT2D eigenvalue weighted by molar-refractivity contribution is 6.08. The molecular formula is C23H16N2O. The Labute approximate surface area is 151 Å². The highest BCUT2D eigenvalue weighted by Gasteiger charge is 2.14. The number of para-hydroxylation sites is 1. The number of aromatic nitrogens is 2. The van der Waals surface area contributed by atoms with Gasteiger partial charge in [0.25, 0.3) is 0 Å². The number of pyridine rings is 2. The molecule has 0 aliphatic heterocycles. The molecule has 0 bridgehead atoms. The molecule has 0 saturated carbocycles. The molecule has 0 aliphatic carbocycles. The topological polar surface area (TPSA) is 38.9 Å². The van der Waals surface area contributed by atoms with Crippen LogP contribution in [0, 0.1) is 6.92 Å². The summed E-state index contributed by atoms with van der Waals surface area (Å²) in [4.78, 5) is 9.12. The van der Waals surface area contributed by atoms with Crippen LogP contribution in [0.4, 0.5) is 0 Å². The van der Waals surface area contributed by atoms with E-state index in [-0.39, 0.29) is 0 Å². The van der Waals surface area contributed by atoms with Crippen molar-refractivity contribution in [2.24, 2.45) is 0 Å². The fourth-order valence-electron chi connectivity index (χ4n) is 3.36. The summed E-state index contributed by atoms with van der Waals surface area (Å²) in [5.74, 6) is 0. The lowest BCUT2D eigenvalue weighted by Gasteiger charge is -2.05. The Hall–Kier alpha value is -3.46. The molecule has 0 radical (unpaired) electrons. The predicted octanol–water partition coefficient (Wildman–Crippen LogP) is 6.02. The van der Waals surface area contributed by atoms with Crippen LogP contribution in [0.2, 0.25) is 0 Å². The number of nitrogens with zero attached hydrogens (tertiary/aromatic N) is 2. The molecule has 124 valence electrons.